The Kier molecular flexibility index (Phi) is 4.86. The fourth-order valence-corrected chi connectivity index (χ4v) is 3.35. The smallest absolute Gasteiger partial charge is 0.263 e. The first-order valence-corrected chi connectivity index (χ1v) is 8.43. The predicted octanol–water partition coefficient (Wildman–Crippen LogP) is 3.79. The zero-order valence-electron chi connectivity index (χ0n) is 11.2. The van der Waals surface area contributed by atoms with E-state index in [9.17, 15) is 0 Å². The lowest BCUT2D eigenvalue weighted by Gasteiger charge is -1.99. The molecule has 0 unspecified atom stereocenters. The average Bonchev–Trinajstić information content (AvgIpc) is 3.19. The van der Waals surface area contributed by atoms with Gasteiger partial charge in [0.1, 0.15) is 4.34 Å². The van der Waals surface area contributed by atoms with Gasteiger partial charge in [-0.3, -0.25) is 0 Å². The van der Waals surface area contributed by atoms with Crippen molar-refractivity contribution in [3.05, 3.63) is 41.9 Å². The molecule has 0 aliphatic carbocycles. The standard InChI is InChI=1S/C14H14N4OS2/c1-2-5-11(6-3-1)12-17-13(18-19-12)15-7-4-9-20-14-16-8-10-21-14/h1-3,5-6,8,10H,4,7,9H2,(H,15,18). The second kappa shape index (κ2) is 7.24. The fraction of sp³-hybridized carbons (Fsp3) is 0.214. The molecule has 0 fully saturated rings. The third-order valence-electron chi connectivity index (χ3n) is 2.69. The van der Waals surface area contributed by atoms with Gasteiger partial charge in [-0.05, 0) is 23.7 Å². The molecule has 0 atom stereocenters. The highest BCUT2D eigenvalue weighted by molar-refractivity contribution is 8.00. The van der Waals surface area contributed by atoms with Crippen molar-refractivity contribution >= 4 is 29.0 Å². The normalized spacial score (nSPS) is 10.7. The minimum Gasteiger partial charge on any atom is -0.352 e. The van der Waals surface area contributed by atoms with E-state index in [1.807, 2.05) is 41.9 Å². The summed E-state index contributed by atoms with van der Waals surface area (Å²) in [5.74, 6) is 2.09. The van der Waals surface area contributed by atoms with Crippen LogP contribution in [0.5, 0.6) is 0 Å². The summed E-state index contributed by atoms with van der Waals surface area (Å²) in [6.45, 7) is 0.812. The largest absolute Gasteiger partial charge is 0.352 e. The molecule has 0 saturated heterocycles. The molecule has 0 saturated carbocycles. The molecule has 3 aromatic rings. The van der Waals surface area contributed by atoms with Crippen LogP contribution in [0.25, 0.3) is 11.5 Å². The van der Waals surface area contributed by atoms with E-state index in [0.29, 0.717) is 11.8 Å². The van der Waals surface area contributed by atoms with Crippen molar-refractivity contribution in [1.29, 1.82) is 0 Å². The third-order valence-corrected chi connectivity index (χ3v) is 4.74. The molecule has 3 rings (SSSR count). The van der Waals surface area contributed by atoms with E-state index in [2.05, 4.69) is 20.4 Å². The number of benzene rings is 1. The van der Waals surface area contributed by atoms with Crippen molar-refractivity contribution < 1.29 is 4.52 Å². The monoisotopic (exact) mass is 318 g/mol. The Balaban J connectivity index is 1.43. The average molecular weight is 318 g/mol. The van der Waals surface area contributed by atoms with Gasteiger partial charge >= 0.3 is 0 Å². The Morgan fingerprint density at radius 3 is 2.95 bits per heavy atom. The van der Waals surface area contributed by atoms with E-state index < -0.39 is 0 Å². The fourth-order valence-electron chi connectivity index (χ4n) is 1.71. The van der Waals surface area contributed by atoms with Crippen LogP contribution in [-0.4, -0.2) is 27.4 Å². The van der Waals surface area contributed by atoms with Crippen molar-refractivity contribution in [2.24, 2.45) is 0 Å². The topological polar surface area (TPSA) is 63.8 Å². The van der Waals surface area contributed by atoms with E-state index in [-0.39, 0.29) is 0 Å². The number of nitrogens with zero attached hydrogens (tertiary/aromatic N) is 3. The second-order valence-electron chi connectivity index (χ2n) is 4.22. The van der Waals surface area contributed by atoms with Crippen LogP contribution in [-0.2, 0) is 0 Å². The molecule has 1 N–H and O–H groups in total. The van der Waals surface area contributed by atoms with Crippen molar-refractivity contribution in [2.75, 3.05) is 17.6 Å². The molecule has 21 heavy (non-hydrogen) atoms. The molecule has 0 radical (unpaired) electrons. The minimum absolute atomic E-state index is 0.535. The van der Waals surface area contributed by atoms with Crippen molar-refractivity contribution in [3.8, 4) is 11.5 Å². The third kappa shape index (κ3) is 4.05. The van der Waals surface area contributed by atoms with E-state index in [0.717, 1.165) is 28.6 Å². The highest BCUT2D eigenvalue weighted by Gasteiger charge is 2.07. The van der Waals surface area contributed by atoms with Crippen LogP contribution in [0.1, 0.15) is 6.42 Å². The first-order chi connectivity index (χ1) is 10.4. The minimum atomic E-state index is 0.535. The summed E-state index contributed by atoms with van der Waals surface area (Å²) < 4.78 is 6.34. The summed E-state index contributed by atoms with van der Waals surface area (Å²) in [5.41, 5.74) is 0.928. The van der Waals surface area contributed by atoms with E-state index in [4.69, 9.17) is 4.52 Å². The number of nitrogens with one attached hydrogen (secondary N) is 1. The summed E-state index contributed by atoms with van der Waals surface area (Å²) >= 11 is 3.44. The molecule has 0 spiro atoms. The van der Waals surface area contributed by atoms with Crippen LogP contribution in [0.2, 0.25) is 0 Å². The summed E-state index contributed by atoms with van der Waals surface area (Å²) in [7, 11) is 0. The van der Waals surface area contributed by atoms with Crippen LogP contribution >= 0.6 is 23.1 Å². The molecule has 7 heteroatoms. The molecule has 0 aliphatic rings. The Morgan fingerprint density at radius 1 is 1.24 bits per heavy atom. The SMILES string of the molecule is c1ccc(-c2nc(NCCCSc3nccs3)no2)cc1. The number of anilines is 1. The molecule has 0 amide bonds. The highest BCUT2D eigenvalue weighted by atomic mass is 32.2. The van der Waals surface area contributed by atoms with E-state index >= 15 is 0 Å². The Hall–Kier alpha value is -1.86. The van der Waals surface area contributed by atoms with Crippen molar-refractivity contribution in [2.45, 2.75) is 10.8 Å². The van der Waals surface area contributed by atoms with Crippen LogP contribution < -0.4 is 5.32 Å². The van der Waals surface area contributed by atoms with Crippen molar-refractivity contribution in [3.63, 3.8) is 0 Å². The van der Waals surface area contributed by atoms with Crippen LogP contribution in [0, 0.1) is 0 Å². The van der Waals surface area contributed by atoms with Gasteiger partial charge in [-0.2, -0.15) is 4.98 Å². The first-order valence-electron chi connectivity index (χ1n) is 6.57. The molecular formula is C14H14N4OS2. The van der Waals surface area contributed by atoms with Gasteiger partial charge in [0.25, 0.3) is 11.8 Å². The summed E-state index contributed by atoms with van der Waals surface area (Å²) in [6.07, 6.45) is 2.84. The molecule has 0 bridgehead atoms. The van der Waals surface area contributed by atoms with E-state index in [1.54, 1.807) is 23.1 Å². The lowest BCUT2D eigenvalue weighted by Crippen LogP contribution is -2.03. The van der Waals surface area contributed by atoms with Gasteiger partial charge in [-0.25, -0.2) is 4.98 Å². The van der Waals surface area contributed by atoms with Crippen LogP contribution in [0.4, 0.5) is 5.95 Å². The van der Waals surface area contributed by atoms with Gasteiger partial charge in [0.05, 0.1) is 0 Å². The van der Waals surface area contributed by atoms with Gasteiger partial charge in [0.2, 0.25) is 0 Å². The number of thioether (sulfide) groups is 1. The maximum atomic E-state index is 5.23. The number of rotatable bonds is 7. The number of aromatic nitrogens is 3. The van der Waals surface area contributed by atoms with E-state index in [1.165, 1.54) is 0 Å². The quantitative estimate of drug-likeness (QED) is 0.528. The van der Waals surface area contributed by atoms with Gasteiger partial charge < -0.3 is 9.84 Å². The van der Waals surface area contributed by atoms with Gasteiger partial charge in [-0.15, -0.1) is 11.3 Å². The summed E-state index contributed by atoms with van der Waals surface area (Å²) in [4.78, 5) is 8.55. The summed E-state index contributed by atoms with van der Waals surface area (Å²) in [6, 6.07) is 9.74. The molecular weight excluding hydrogens is 304 g/mol. The Bertz CT molecular complexity index is 655. The molecule has 2 heterocycles. The van der Waals surface area contributed by atoms with Crippen LogP contribution in [0.15, 0.2) is 50.8 Å². The lowest BCUT2D eigenvalue weighted by atomic mass is 10.2. The zero-order valence-corrected chi connectivity index (χ0v) is 12.9. The molecule has 5 nitrogen and oxygen atoms in total. The molecule has 108 valence electrons. The Labute approximate surface area is 130 Å². The molecule has 0 aliphatic heterocycles. The highest BCUT2D eigenvalue weighted by Crippen LogP contribution is 2.21. The molecule has 1 aromatic carbocycles. The number of hydrogen-bond donors (Lipinski definition) is 1. The van der Waals surface area contributed by atoms with Gasteiger partial charge in [0, 0.05) is 29.4 Å². The number of thiazole rings is 1. The predicted molar refractivity (Wildman–Crippen MR) is 85.7 cm³/mol. The first kappa shape index (κ1) is 14.1. The lowest BCUT2D eigenvalue weighted by molar-refractivity contribution is 0.432. The maximum absolute atomic E-state index is 5.23. The maximum Gasteiger partial charge on any atom is 0.263 e. The molecule has 2 aromatic heterocycles. The van der Waals surface area contributed by atoms with Gasteiger partial charge in [-0.1, -0.05) is 30.0 Å². The Morgan fingerprint density at radius 2 is 2.14 bits per heavy atom. The van der Waals surface area contributed by atoms with Crippen molar-refractivity contribution in [1.82, 2.24) is 15.1 Å². The van der Waals surface area contributed by atoms with Crippen LogP contribution in [0.3, 0.4) is 0 Å². The van der Waals surface area contributed by atoms with Gasteiger partial charge in [0.15, 0.2) is 0 Å². The zero-order chi connectivity index (χ0) is 14.3. The number of hydrogen-bond acceptors (Lipinski definition) is 7. The summed E-state index contributed by atoms with van der Waals surface area (Å²) in [5, 5.41) is 9.09. The second-order valence-corrected chi connectivity index (χ2v) is 6.45.